The quantitative estimate of drug-likeness (QED) is 0.432. The molecule has 1 saturated carbocycles. The third-order valence-corrected chi connectivity index (χ3v) is 13.0. The van der Waals surface area contributed by atoms with Crippen molar-refractivity contribution in [2.45, 2.75) is 47.8 Å². The van der Waals surface area contributed by atoms with Gasteiger partial charge in [0.05, 0.1) is 17.5 Å². The van der Waals surface area contributed by atoms with Crippen molar-refractivity contribution in [3.63, 3.8) is 0 Å². The SMILES string of the molecule is C[C@@](O)(c1ccc(N2CCN(S(=O)(=O)c3cccs3)C[C@@H]2CN2CCS(O)(O)C[C@H]2C2CC2)cc1)C(F)(F)F. The van der Waals surface area contributed by atoms with E-state index in [9.17, 15) is 35.8 Å². The normalized spacial score (nSPS) is 27.7. The molecular formula is C25H34F3N3O5S3. The molecule has 2 aliphatic heterocycles. The van der Waals surface area contributed by atoms with Crippen LogP contribution in [0, 0.1) is 5.92 Å². The van der Waals surface area contributed by atoms with Crippen LogP contribution in [-0.2, 0) is 15.6 Å². The fourth-order valence-electron chi connectivity index (χ4n) is 5.52. The standard InChI is InChI=1S/C25H34F3N3O5S3/c1-24(32,25(26,27)28)19-6-8-20(9-7-19)31-11-10-30(39(35,36)23-3-2-13-37-23)16-21(31)15-29-12-14-38(33,34)17-22(29)18-4-5-18/h2-3,6-9,13,18,21-22,32-34H,4-5,10-12,14-17H2,1H3/t21-,22-,24+/m0/s1. The monoisotopic (exact) mass is 609 g/mol. The summed E-state index contributed by atoms with van der Waals surface area (Å²) in [5, 5.41) is 11.8. The smallest absolute Gasteiger partial charge is 0.376 e. The van der Waals surface area contributed by atoms with E-state index < -0.39 is 32.4 Å². The summed E-state index contributed by atoms with van der Waals surface area (Å²) in [5.74, 6) is 0.952. The van der Waals surface area contributed by atoms with Crippen LogP contribution < -0.4 is 4.90 Å². The summed E-state index contributed by atoms with van der Waals surface area (Å²) in [6.45, 7) is 2.42. The van der Waals surface area contributed by atoms with Crippen molar-refractivity contribution in [3.8, 4) is 0 Å². The highest BCUT2D eigenvalue weighted by Gasteiger charge is 2.51. The zero-order chi connectivity index (χ0) is 28.2. The van der Waals surface area contributed by atoms with Gasteiger partial charge in [0.2, 0.25) is 0 Å². The molecule has 3 fully saturated rings. The number of hydrogen-bond acceptors (Lipinski definition) is 8. The summed E-state index contributed by atoms with van der Waals surface area (Å²) in [6, 6.07) is 8.55. The zero-order valence-electron chi connectivity index (χ0n) is 21.5. The van der Waals surface area contributed by atoms with Crippen molar-refractivity contribution in [1.29, 1.82) is 0 Å². The average molecular weight is 610 g/mol. The summed E-state index contributed by atoms with van der Waals surface area (Å²) in [6.07, 6.45) is -2.80. The van der Waals surface area contributed by atoms with E-state index in [0.29, 0.717) is 37.0 Å². The number of hydrogen-bond donors (Lipinski definition) is 3. The lowest BCUT2D eigenvalue weighted by Crippen LogP contribution is -2.61. The molecule has 0 radical (unpaired) electrons. The summed E-state index contributed by atoms with van der Waals surface area (Å²) in [5.41, 5.74) is -2.63. The highest BCUT2D eigenvalue weighted by Crippen LogP contribution is 2.49. The molecule has 1 aliphatic carbocycles. The van der Waals surface area contributed by atoms with Gasteiger partial charge in [-0.05, 0) is 54.8 Å². The van der Waals surface area contributed by atoms with E-state index in [1.165, 1.54) is 28.6 Å². The largest absolute Gasteiger partial charge is 0.421 e. The number of thiophene rings is 1. The second-order valence-electron chi connectivity index (χ2n) is 10.8. The lowest BCUT2D eigenvalue weighted by atomic mass is 9.95. The Balaban J connectivity index is 1.42. The minimum Gasteiger partial charge on any atom is -0.376 e. The molecule has 0 amide bonds. The van der Waals surface area contributed by atoms with Gasteiger partial charge in [-0.25, -0.2) is 8.42 Å². The van der Waals surface area contributed by atoms with Crippen LogP contribution in [0.3, 0.4) is 0 Å². The highest BCUT2D eigenvalue weighted by molar-refractivity contribution is 8.24. The molecule has 3 N–H and O–H groups in total. The second kappa shape index (κ2) is 10.5. The number of benzene rings is 1. The summed E-state index contributed by atoms with van der Waals surface area (Å²) < 4.78 is 89.3. The van der Waals surface area contributed by atoms with Crippen LogP contribution in [0.5, 0.6) is 0 Å². The number of anilines is 1. The van der Waals surface area contributed by atoms with Crippen LogP contribution in [0.2, 0.25) is 0 Å². The number of aliphatic hydroxyl groups is 1. The maximum Gasteiger partial charge on any atom is 0.421 e. The topological polar surface area (TPSA) is 105 Å². The zero-order valence-corrected chi connectivity index (χ0v) is 23.9. The van der Waals surface area contributed by atoms with Crippen LogP contribution >= 0.6 is 21.9 Å². The van der Waals surface area contributed by atoms with E-state index in [-0.39, 0.29) is 40.7 Å². The van der Waals surface area contributed by atoms with Crippen molar-refractivity contribution in [1.82, 2.24) is 9.21 Å². The molecule has 8 nitrogen and oxygen atoms in total. The van der Waals surface area contributed by atoms with Crippen LogP contribution in [0.4, 0.5) is 18.9 Å². The summed E-state index contributed by atoms with van der Waals surface area (Å²) >= 11 is 1.15. The van der Waals surface area contributed by atoms with Gasteiger partial charge in [-0.15, -0.1) is 11.3 Å². The van der Waals surface area contributed by atoms with Gasteiger partial charge in [-0.1, -0.05) is 18.2 Å². The molecule has 39 heavy (non-hydrogen) atoms. The molecule has 3 heterocycles. The summed E-state index contributed by atoms with van der Waals surface area (Å²) in [7, 11) is -6.35. The number of piperazine rings is 1. The number of nitrogens with zero attached hydrogens (tertiary/aromatic N) is 3. The molecule has 1 aromatic heterocycles. The maximum atomic E-state index is 13.4. The third-order valence-electron chi connectivity index (χ3n) is 8.07. The molecular weight excluding hydrogens is 575 g/mol. The Morgan fingerprint density at radius 3 is 2.36 bits per heavy atom. The third kappa shape index (κ3) is 5.98. The molecule has 0 bridgehead atoms. The van der Waals surface area contributed by atoms with Crippen LogP contribution in [0.1, 0.15) is 25.3 Å². The van der Waals surface area contributed by atoms with Gasteiger partial charge in [0.1, 0.15) is 4.21 Å². The Morgan fingerprint density at radius 2 is 1.77 bits per heavy atom. The number of alkyl halides is 3. The van der Waals surface area contributed by atoms with Gasteiger partial charge in [0, 0.05) is 44.5 Å². The lowest BCUT2D eigenvalue weighted by molar-refractivity contribution is -0.258. The van der Waals surface area contributed by atoms with Crippen LogP contribution in [-0.4, -0.2) is 94.3 Å². The molecule has 5 rings (SSSR count). The van der Waals surface area contributed by atoms with Gasteiger partial charge in [-0.3, -0.25) is 14.0 Å². The van der Waals surface area contributed by atoms with Crippen molar-refractivity contribution in [2.75, 3.05) is 49.1 Å². The molecule has 2 saturated heterocycles. The number of halogens is 3. The fraction of sp³-hybridized carbons (Fsp3) is 0.600. The van der Waals surface area contributed by atoms with Crippen molar-refractivity contribution < 1.29 is 35.8 Å². The van der Waals surface area contributed by atoms with Gasteiger partial charge in [0.25, 0.3) is 10.0 Å². The molecule has 0 unspecified atom stereocenters. The molecule has 1 aromatic carbocycles. The van der Waals surface area contributed by atoms with Crippen molar-refractivity contribution in [2.24, 2.45) is 5.92 Å². The number of sulfonamides is 1. The molecule has 14 heteroatoms. The average Bonchev–Trinajstić information content (AvgIpc) is 3.56. The van der Waals surface area contributed by atoms with E-state index in [1.54, 1.807) is 17.5 Å². The number of rotatable bonds is 7. The first kappa shape index (κ1) is 29.1. The highest BCUT2D eigenvalue weighted by atomic mass is 32.3. The van der Waals surface area contributed by atoms with E-state index in [1.807, 2.05) is 4.90 Å². The molecule has 3 aliphatic rings. The van der Waals surface area contributed by atoms with Gasteiger partial charge >= 0.3 is 6.18 Å². The van der Waals surface area contributed by atoms with Gasteiger partial charge in [-0.2, -0.15) is 28.1 Å². The van der Waals surface area contributed by atoms with E-state index in [0.717, 1.165) is 31.1 Å². The Bertz CT molecular complexity index is 1250. The predicted molar refractivity (Wildman–Crippen MR) is 147 cm³/mol. The Hall–Kier alpha value is -1.39. The minimum atomic E-state index is -4.83. The predicted octanol–water partition coefficient (Wildman–Crippen LogP) is 4.24. The van der Waals surface area contributed by atoms with Gasteiger partial charge in [0.15, 0.2) is 5.60 Å². The molecule has 3 atom stereocenters. The first-order valence-corrected chi connectivity index (χ1v) is 17.1. The van der Waals surface area contributed by atoms with E-state index in [4.69, 9.17) is 0 Å². The minimum absolute atomic E-state index is 0.000798. The maximum absolute atomic E-state index is 13.4. The van der Waals surface area contributed by atoms with Crippen LogP contribution in [0.25, 0.3) is 0 Å². The first-order valence-electron chi connectivity index (χ1n) is 12.9. The molecule has 218 valence electrons. The summed E-state index contributed by atoms with van der Waals surface area (Å²) in [4.78, 5) is 4.25. The molecule has 2 aromatic rings. The van der Waals surface area contributed by atoms with Crippen molar-refractivity contribution >= 4 is 37.6 Å². The Morgan fingerprint density at radius 1 is 1.08 bits per heavy atom. The Labute approximate surface area is 232 Å². The van der Waals surface area contributed by atoms with E-state index in [2.05, 4.69) is 4.90 Å². The first-order chi connectivity index (χ1) is 18.2. The fourth-order valence-corrected chi connectivity index (χ4v) is 9.86. The lowest BCUT2D eigenvalue weighted by Gasteiger charge is -2.50. The van der Waals surface area contributed by atoms with Crippen molar-refractivity contribution in [3.05, 3.63) is 47.3 Å². The second-order valence-corrected chi connectivity index (χ2v) is 16.3. The van der Waals surface area contributed by atoms with E-state index >= 15 is 0 Å². The Kier molecular flexibility index (Phi) is 7.81. The van der Waals surface area contributed by atoms with Crippen LogP contribution in [0.15, 0.2) is 46.0 Å². The van der Waals surface area contributed by atoms with Gasteiger partial charge < -0.3 is 10.0 Å². The molecule has 0 spiro atoms.